The van der Waals surface area contributed by atoms with Crippen LogP contribution in [-0.4, -0.2) is 16.3 Å². The molecular formula is C14H16Cl2FN3. The predicted octanol–water partition coefficient (Wildman–Crippen LogP) is 3.99. The quantitative estimate of drug-likeness (QED) is 0.845. The number of aromatic nitrogens is 2. The molecule has 1 unspecified atom stereocenters. The number of benzene rings is 1. The third-order valence-electron chi connectivity index (χ3n) is 3.06. The highest BCUT2D eigenvalue weighted by atomic mass is 35.5. The fourth-order valence-corrected chi connectivity index (χ4v) is 2.51. The normalized spacial score (nSPS) is 12.7. The highest BCUT2D eigenvalue weighted by Crippen LogP contribution is 2.28. The van der Waals surface area contributed by atoms with Gasteiger partial charge in [0, 0.05) is 23.8 Å². The van der Waals surface area contributed by atoms with Crippen LogP contribution in [0.1, 0.15) is 24.1 Å². The molecule has 1 aromatic heterocycles. The van der Waals surface area contributed by atoms with Crippen molar-refractivity contribution >= 4 is 23.2 Å². The molecule has 0 aliphatic rings. The molecule has 2 aromatic rings. The summed E-state index contributed by atoms with van der Waals surface area (Å²) in [5.41, 5.74) is 1.83. The summed E-state index contributed by atoms with van der Waals surface area (Å²) < 4.78 is 15.3. The van der Waals surface area contributed by atoms with Crippen LogP contribution in [0.4, 0.5) is 4.39 Å². The van der Waals surface area contributed by atoms with Gasteiger partial charge in [0.05, 0.1) is 17.8 Å². The predicted molar refractivity (Wildman–Crippen MR) is 79.8 cm³/mol. The van der Waals surface area contributed by atoms with Crippen molar-refractivity contribution in [3.63, 3.8) is 0 Å². The lowest BCUT2D eigenvalue weighted by Crippen LogP contribution is -2.24. The fraction of sp³-hybridized carbons (Fsp3) is 0.357. The van der Waals surface area contributed by atoms with Gasteiger partial charge in [-0.25, -0.2) is 4.39 Å². The molecule has 0 fully saturated rings. The number of nitrogens with one attached hydrogen (secondary N) is 1. The summed E-state index contributed by atoms with van der Waals surface area (Å²) in [7, 11) is 0. The van der Waals surface area contributed by atoms with E-state index >= 15 is 0 Å². The minimum atomic E-state index is -0.456. The van der Waals surface area contributed by atoms with E-state index in [-0.39, 0.29) is 11.1 Å². The molecular weight excluding hydrogens is 300 g/mol. The minimum Gasteiger partial charge on any atom is -0.308 e. The fourth-order valence-electron chi connectivity index (χ4n) is 1.96. The Labute approximate surface area is 127 Å². The number of rotatable bonds is 5. The number of halogens is 3. The molecule has 0 aliphatic carbocycles. The van der Waals surface area contributed by atoms with Crippen molar-refractivity contribution in [2.45, 2.75) is 26.4 Å². The summed E-state index contributed by atoms with van der Waals surface area (Å²) >= 11 is 11.8. The zero-order chi connectivity index (χ0) is 14.7. The van der Waals surface area contributed by atoms with E-state index in [2.05, 4.69) is 10.4 Å². The summed E-state index contributed by atoms with van der Waals surface area (Å²) in [4.78, 5) is 0. The van der Waals surface area contributed by atoms with Gasteiger partial charge in [-0.1, -0.05) is 23.2 Å². The van der Waals surface area contributed by atoms with Gasteiger partial charge in [0.2, 0.25) is 0 Å². The second-order valence-electron chi connectivity index (χ2n) is 4.74. The molecule has 1 heterocycles. The van der Waals surface area contributed by atoms with Gasteiger partial charge in [-0.05, 0) is 37.1 Å². The van der Waals surface area contributed by atoms with Gasteiger partial charge >= 0.3 is 0 Å². The van der Waals surface area contributed by atoms with Crippen LogP contribution in [0.2, 0.25) is 10.0 Å². The Hall–Kier alpha value is -1.10. The number of aryl methyl sites for hydroxylation is 1. The maximum absolute atomic E-state index is 13.5. The molecule has 0 aliphatic heterocycles. The van der Waals surface area contributed by atoms with Crippen LogP contribution in [0.15, 0.2) is 24.5 Å². The van der Waals surface area contributed by atoms with Gasteiger partial charge in [0.15, 0.2) is 0 Å². The van der Waals surface area contributed by atoms with Gasteiger partial charge in [-0.2, -0.15) is 5.10 Å². The summed E-state index contributed by atoms with van der Waals surface area (Å²) in [5.74, 6) is -0.456. The first-order valence-electron chi connectivity index (χ1n) is 6.34. The highest BCUT2D eigenvalue weighted by molar-refractivity contribution is 6.35. The van der Waals surface area contributed by atoms with E-state index in [1.54, 1.807) is 0 Å². The monoisotopic (exact) mass is 315 g/mol. The van der Waals surface area contributed by atoms with Gasteiger partial charge < -0.3 is 5.32 Å². The summed E-state index contributed by atoms with van der Waals surface area (Å²) in [5, 5.41) is 7.99. The van der Waals surface area contributed by atoms with Crippen LogP contribution in [0, 0.1) is 12.7 Å². The lowest BCUT2D eigenvalue weighted by molar-refractivity contribution is 0.505. The van der Waals surface area contributed by atoms with Gasteiger partial charge in [-0.15, -0.1) is 0 Å². The van der Waals surface area contributed by atoms with Crippen LogP contribution < -0.4 is 5.32 Å². The van der Waals surface area contributed by atoms with E-state index in [9.17, 15) is 4.39 Å². The maximum atomic E-state index is 13.5. The maximum Gasteiger partial charge on any atom is 0.142 e. The molecule has 0 radical (unpaired) electrons. The van der Waals surface area contributed by atoms with E-state index in [1.807, 2.05) is 30.9 Å². The Morgan fingerprint density at radius 2 is 2.10 bits per heavy atom. The molecule has 6 heteroatoms. The zero-order valence-electron chi connectivity index (χ0n) is 11.3. The average molecular weight is 316 g/mol. The van der Waals surface area contributed by atoms with Crippen LogP contribution in [0.25, 0.3) is 0 Å². The molecule has 3 nitrogen and oxygen atoms in total. The van der Waals surface area contributed by atoms with E-state index < -0.39 is 5.82 Å². The van der Waals surface area contributed by atoms with Crippen molar-refractivity contribution in [2.24, 2.45) is 0 Å². The summed E-state index contributed by atoms with van der Waals surface area (Å²) in [6, 6.07) is 2.74. The lowest BCUT2D eigenvalue weighted by Gasteiger charge is -2.16. The molecule has 0 saturated heterocycles. The SMILES string of the molecule is Cc1cnn(CCNC(C)c2cc(F)c(Cl)cc2Cl)c1. The Balaban J connectivity index is 1.95. The number of nitrogens with zero attached hydrogens (tertiary/aromatic N) is 2. The van der Waals surface area contributed by atoms with Gasteiger partial charge in [0.25, 0.3) is 0 Å². The van der Waals surface area contributed by atoms with Crippen LogP contribution >= 0.6 is 23.2 Å². The average Bonchev–Trinajstić information content (AvgIpc) is 2.79. The van der Waals surface area contributed by atoms with E-state index in [1.165, 1.54) is 12.1 Å². The molecule has 1 aromatic carbocycles. The van der Waals surface area contributed by atoms with Crippen molar-refractivity contribution in [2.75, 3.05) is 6.54 Å². The smallest absolute Gasteiger partial charge is 0.142 e. The van der Waals surface area contributed by atoms with E-state index in [4.69, 9.17) is 23.2 Å². The standard InChI is InChI=1S/C14H16Cl2FN3/c1-9-7-19-20(8-9)4-3-18-10(2)11-5-14(17)13(16)6-12(11)15/h5-8,10,18H,3-4H2,1-2H3. The van der Waals surface area contributed by atoms with Crippen molar-refractivity contribution in [3.8, 4) is 0 Å². The Bertz CT molecular complexity index is 598. The molecule has 1 atom stereocenters. The van der Waals surface area contributed by atoms with Crippen LogP contribution in [-0.2, 0) is 6.54 Å². The third-order valence-corrected chi connectivity index (χ3v) is 3.68. The van der Waals surface area contributed by atoms with Crippen molar-refractivity contribution in [3.05, 3.63) is 51.5 Å². The Morgan fingerprint density at radius 1 is 1.35 bits per heavy atom. The largest absolute Gasteiger partial charge is 0.308 e. The molecule has 0 saturated carbocycles. The Kier molecular flexibility index (Phi) is 5.02. The molecule has 1 N–H and O–H groups in total. The minimum absolute atomic E-state index is 0.0398. The first-order chi connectivity index (χ1) is 9.47. The Morgan fingerprint density at radius 3 is 2.75 bits per heavy atom. The second-order valence-corrected chi connectivity index (χ2v) is 5.56. The molecule has 108 valence electrons. The number of hydrogen-bond donors (Lipinski definition) is 1. The topological polar surface area (TPSA) is 29.9 Å². The van der Waals surface area contributed by atoms with E-state index in [0.29, 0.717) is 17.1 Å². The van der Waals surface area contributed by atoms with Crippen molar-refractivity contribution in [1.82, 2.24) is 15.1 Å². The van der Waals surface area contributed by atoms with Gasteiger partial charge in [-0.3, -0.25) is 4.68 Å². The van der Waals surface area contributed by atoms with E-state index in [0.717, 1.165) is 12.1 Å². The first-order valence-corrected chi connectivity index (χ1v) is 7.10. The van der Waals surface area contributed by atoms with Crippen LogP contribution in [0.3, 0.4) is 0 Å². The van der Waals surface area contributed by atoms with Crippen molar-refractivity contribution in [1.29, 1.82) is 0 Å². The molecule has 20 heavy (non-hydrogen) atoms. The van der Waals surface area contributed by atoms with Gasteiger partial charge in [0.1, 0.15) is 5.82 Å². The molecule has 0 spiro atoms. The van der Waals surface area contributed by atoms with Crippen molar-refractivity contribution < 1.29 is 4.39 Å². The zero-order valence-corrected chi connectivity index (χ0v) is 12.8. The van der Waals surface area contributed by atoms with Crippen LogP contribution in [0.5, 0.6) is 0 Å². The summed E-state index contributed by atoms with van der Waals surface area (Å²) in [6.07, 6.45) is 3.79. The first kappa shape index (κ1) is 15.3. The highest BCUT2D eigenvalue weighted by Gasteiger charge is 2.12. The third kappa shape index (κ3) is 3.72. The summed E-state index contributed by atoms with van der Waals surface area (Å²) in [6.45, 7) is 5.38. The molecule has 0 bridgehead atoms. The second kappa shape index (κ2) is 6.57. The molecule has 2 rings (SSSR count). The lowest BCUT2D eigenvalue weighted by atomic mass is 10.1. The number of hydrogen-bond acceptors (Lipinski definition) is 2. The molecule has 0 amide bonds.